The van der Waals surface area contributed by atoms with E-state index in [-0.39, 0.29) is 12.5 Å². The molecule has 0 saturated carbocycles. The summed E-state index contributed by atoms with van der Waals surface area (Å²) < 4.78 is 11.5. The van der Waals surface area contributed by atoms with Gasteiger partial charge < -0.3 is 14.5 Å². The highest BCUT2D eigenvalue weighted by atomic mass is 32.1. The second kappa shape index (κ2) is 5.37. The van der Waals surface area contributed by atoms with Crippen molar-refractivity contribution in [1.29, 1.82) is 0 Å². The van der Waals surface area contributed by atoms with Crippen LogP contribution in [0.5, 0.6) is 0 Å². The van der Waals surface area contributed by atoms with Crippen LogP contribution in [0.4, 0.5) is 5.69 Å². The van der Waals surface area contributed by atoms with Gasteiger partial charge >= 0.3 is 0 Å². The van der Waals surface area contributed by atoms with Crippen LogP contribution in [0, 0.1) is 0 Å². The summed E-state index contributed by atoms with van der Waals surface area (Å²) >= 11 is 1.62. The van der Waals surface area contributed by atoms with Gasteiger partial charge in [-0.1, -0.05) is 6.07 Å². The van der Waals surface area contributed by atoms with Crippen LogP contribution in [0.1, 0.15) is 17.4 Å². The van der Waals surface area contributed by atoms with Crippen LogP contribution in [0.25, 0.3) is 11.3 Å². The van der Waals surface area contributed by atoms with E-state index in [4.69, 9.17) is 9.15 Å². The van der Waals surface area contributed by atoms with Crippen LogP contribution >= 0.6 is 11.3 Å². The Morgan fingerprint density at radius 2 is 2.13 bits per heavy atom. The molecule has 3 heterocycles. The lowest BCUT2D eigenvalue weighted by molar-refractivity contribution is -0.124. The largest absolute Gasteiger partial charge is 0.464 e. The van der Waals surface area contributed by atoms with Crippen LogP contribution in [0.2, 0.25) is 0 Å². The highest BCUT2D eigenvalue weighted by molar-refractivity contribution is 7.10. The Morgan fingerprint density at radius 3 is 2.87 bits per heavy atom. The molecule has 3 aromatic rings. The van der Waals surface area contributed by atoms with Gasteiger partial charge in [0.25, 0.3) is 0 Å². The zero-order valence-corrected chi connectivity index (χ0v) is 13.4. The maximum absolute atomic E-state index is 12.0. The summed E-state index contributed by atoms with van der Waals surface area (Å²) in [5, 5.41) is 4.94. The smallest absolute Gasteiger partial charge is 0.250 e. The van der Waals surface area contributed by atoms with Gasteiger partial charge in [0.05, 0.1) is 6.26 Å². The molecule has 1 atom stereocenters. The summed E-state index contributed by atoms with van der Waals surface area (Å²) in [6, 6.07) is 13.7. The van der Waals surface area contributed by atoms with Gasteiger partial charge in [0.2, 0.25) is 5.91 Å². The number of rotatable bonds is 2. The van der Waals surface area contributed by atoms with E-state index in [1.165, 1.54) is 0 Å². The van der Waals surface area contributed by atoms with Crippen molar-refractivity contribution >= 4 is 22.9 Å². The van der Waals surface area contributed by atoms with E-state index in [2.05, 4.69) is 5.32 Å². The van der Waals surface area contributed by atoms with Gasteiger partial charge in [0.15, 0.2) is 0 Å². The fourth-order valence-corrected chi connectivity index (χ4v) is 3.73. The van der Waals surface area contributed by atoms with Crippen LogP contribution in [0.3, 0.4) is 0 Å². The first-order valence-corrected chi connectivity index (χ1v) is 8.21. The number of anilines is 1. The minimum absolute atomic E-state index is 0.0269. The zero-order chi connectivity index (χ0) is 15.9. The Kier molecular flexibility index (Phi) is 3.32. The first kappa shape index (κ1) is 14.2. The third-order valence-corrected chi connectivity index (χ3v) is 5.17. The van der Waals surface area contributed by atoms with Crippen LogP contribution < -0.4 is 5.32 Å². The number of hydrogen-bond acceptors (Lipinski definition) is 4. The molecule has 2 aromatic heterocycles. The second-order valence-electron chi connectivity index (χ2n) is 5.59. The van der Waals surface area contributed by atoms with E-state index >= 15 is 0 Å². The number of ether oxygens (including phenoxy) is 1. The standard InChI is InChI=1S/C18H15NO3S/c1-18(16-5-3-9-23-16)13-10-12(15-4-2-8-21-15)6-7-14(13)19-17(20)11-22-18/h2-10H,11H2,1H3,(H,19,20). The van der Waals surface area contributed by atoms with Crippen molar-refractivity contribution in [3.63, 3.8) is 0 Å². The van der Waals surface area contributed by atoms with Gasteiger partial charge in [-0.3, -0.25) is 4.79 Å². The molecular weight excluding hydrogens is 310 g/mol. The zero-order valence-electron chi connectivity index (χ0n) is 12.5. The molecule has 1 aliphatic rings. The number of fused-ring (bicyclic) bond motifs is 1. The Bertz CT molecular complexity index is 839. The Hall–Kier alpha value is -2.37. The molecule has 0 radical (unpaired) electrons. The maximum atomic E-state index is 12.0. The van der Waals surface area contributed by atoms with Gasteiger partial charge in [0.1, 0.15) is 18.0 Å². The summed E-state index contributed by atoms with van der Waals surface area (Å²) in [7, 11) is 0. The van der Waals surface area contributed by atoms with Crippen molar-refractivity contribution in [3.05, 3.63) is 64.5 Å². The van der Waals surface area contributed by atoms with Crippen LogP contribution in [0.15, 0.2) is 58.5 Å². The van der Waals surface area contributed by atoms with E-state index in [9.17, 15) is 4.79 Å². The first-order chi connectivity index (χ1) is 11.2. The molecule has 1 aromatic carbocycles. The lowest BCUT2D eigenvalue weighted by atomic mass is 9.90. The summed E-state index contributed by atoms with van der Waals surface area (Å²) in [6.07, 6.45) is 1.65. The quantitative estimate of drug-likeness (QED) is 0.767. The van der Waals surface area contributed by atoms with E-state index in [0.29, 0.717) is 0 Å². The van der Waals surface area contributed by atoms with E-state index in [1.807, 2.05) is 54.8 Å². The molecule has 1 amide bonds. The number of carbonyl (C=O) groups is 1. The molecular formula is C18H15NO3S. The van der Waals surface area contributed by atoms with Crippen molar-refractivity contribution in [2.75, 3.05) is 11.9 Å². The topological polar surface area (TPSA) is 51.5 Å². The van der Waals surface area contributed by atoms with Gasteiger partial charge in [0, 0.05) is 21.7 Å². The fraction of sp³-hybridized carbons (Fsp3) is 0.167. The minimum atomic E-state index is -0.675. The van der Waals surface area contributed by atoms with Crippen molar-refractivity contribution in [3.8, 4) is 11.3 Å². The third kappa shape index (κ3) is 2.38. The number of benzene rings is 1. The maximum Gasteiger partial charge on any atom is 0.250 e. The normalized spacial score (nSPS) is 20.7. The summed E-state index contributed by atoms with van der Waals surface area (Å²) in [4.78, 5) is 13.0. The predicted molar refractivity (Wildman–Crippen MR) is 89.5 cm³/mol. The molecule has 0 bridgehead atoms. The number of furan rings is 1. The fourth-order valence-electron chi connectivity index (χ4n) is 2.87. The van der Waals surface area contributed by atoms with Crippen molar-refractivity contribution in [2.24, 2.45) is 0 Å². The van der Waals surface area contributed by atoms with Crippen molar-refractivity contribution in [1.82, 2.24) is 0 Å². The molecule has 116 valence electrons. The van der Waals surface area contributed by atoms with E-state index in [0.717, 1.165) is 27.5 Å². The highest BCUT2D eigenvalue weighted by Crippen LogP contribution is 2.42. The number of amides is 1. The van der Waals surface area contributed by atoms with Gasteiger partial charge in [-0.05, 0) is 48.7 Å². The number of hydrogen-bond donors (Lipinski definition) is 1. The summed E-state index contributed by atoms with van der Waals surface area (Å²) in [5.41, 5.74) is 1.99. The van der Waals surface area contributed by atoms with Crippen LogP contribution in [-0.4, -0.2) is 12.5 Å². The average molecular weight is 325 g/mol. The molecule has 5 heteroatoms. The molecule has 4 nitrogen and oxygen atoms in total. The molecule has 23 heavy (non-hydrogen) atoms. The number of nitrogens with one attached hydrogen (secondary N) is 1. The molecule has 1 aliphatic heterocycles. The molecule has 4 rings (SSSR count). The van der Waals surface area contributed by atoms with Crippen LogP contribution in [-0.2, 0) is 15.1 Å². The van der Waals surface area contributed by atoms with E-state index in [1.54, 1.807) is 17.6 Å². The molecule has 1 unspecified atom stereocenters. The number of carbonyl (C=O) groups excluding carboxylic acids is 1. The third-order valence-electron chi connectivity index (χ3n) is 4.10. The Labute approximate surface area is 137 Å². The van der Waals surface area contributed by atoms with Crippen molar-refractivity contribution in [2.45, 2.75) is 12.5 Å². The predicted octanol–water partition coefficient (Wildman–Crippen LogP) is 4.24. The second-order valence-corrected chi connectivity index (χ2v) is 6.53. The minimum Gasteiger partial charge on any atom is -0.464 e. The van der Waals surface area contributed by atoms with Gasteiger partial charge in [-0.2, -0.15) is 0 Å². The first-order valence-electron chi connectivity index (χ1n) is 7.33. The lowest BCUT2D eigenvalue weighted by Gasteiger charge is -2.28. The molecule has 0 aliphatic carbocycles. The van der Waals surface area contributed by atoms with Crippen molar-refractivity contribution < 1.29 is 13.9 Å². The Balaban J connectivity index is 1.91. The SMILES string of the molecule is CC1(c2cccs2)OCC(=O)Nc2ccc(-c3ccco3)cc21. The monoisotopic (exact) mass is 325 g/mol. The van der Waals surface area contributed by atoms with Gasteiger partial charge in [-0.15, -0.1) is 11.3 Å². The molecule has 0 spiro atoms. The molecule has 1 N–H and O–H groups in total. The van der Waals surface area contributed by atoms with Gasteiger partial charge in [-0.25, -0.2) is 0 Å². The molecule has 0 saturated heterocycles. The highest BCUT2D eigenvalue weighted by Gasteiger charge is 2.37. The van der Waals surface area contributed by atoms with E-state index < -0.39 is 5.60 Å². The number of thiophene rings is 1. The summed E-state index contributed by atoms with van der Waals surface area (Å²) in [6.45, 7) is 2.03. The summed E-state index contributed by atoms with van der Waals surface area (Å²) in [5.74, 6) is 0.647. The molecule has 0 fully saturated rings. The lowest BCUT2D eigenvalue weighted by Crippen LogP contribution is -2.27. The average Bonchev–Trinajstić information content (AvgIpc) is 3.24. The Morgan fingerprint density at radius 1 is 1.22 bits per heavy atom.